The molecule has 0 saturated carbocycles. The number of hydrogen-bond acceptors (Lipinski definition) is 6. The average Bonchev–Trinajstić information content (AvgIpc) is 2.74. The molecule has 1 aromatic rings. The molecule has 1 aromatic carbocycles. The Morgan fingerprint density at radius 3 is 2.34 bits per heavy atom. The van der Waals surface area contributed by atoms with Crippen molar-refractivity contribution in [2.24, 2.45) is 0 Å². The fourth-order valence-corrected chi connectivity index (χ4v) is 6.34. The lowest BCUT2D eigenvalue weighted by Gasteiger charge is -2.51. The summed E-state index contributed by atoms with van der Waals surface area (Å²) in [6.45, 7) is 6.53. The van der Waals surface area contributed by atoms with Gasteiger partial charge in [0, 0.05) is 44.0 Å². The molecule has 0 bridgehead atoms. The number of piperidine rings is 1. The number of benzene rings is 1. The van der Waals surface area contributed by atoms with E-state index in [0.717, 1.165) is 25.9 Å². The summed E-state index contributed by atoms with van der Waals surface area (Å²) in [7, 11) is -1.09. The van der Waals surface area contributed by atoms with Gasteiger partial charge in [0.05, 0.1) is 16.3 Å². The zero-order valence-corrected chi connectivity index (χ0v) is 21.2. The van der Waals surface area contributed by atoms with Gasteiger partial charge in [0.15, 0.2) is 0 Å². The zero-order valence-electron chi connectivity index (χ0n) is 18.8. The molecule has 2 saturated heterocycles. The summed E-state index contributed by atoms with van der Waals surface area (Å²) in [5.74, 6) is -0.0799. The van der Waals surface area contributed by atoms with Crippen LogP contribution in [0.15, 0.2) is 18.2 Å². The van der Waals surface area contributed by atoms with Crippen LogP contribution in [-0.4, -0.2) is 92.6 Å². The van der Waals surface area contributed by atoms with Crippen LogP contribution in [0.4, 0.5) is 5.69 Å². The predicted octanol–water partition coefficient (Wildman–Crippen LogP) is 1.90. The van der Waals surface area contributed by atoms with Gasteiger partial charge in [0.25, 0.3) is 5.91 Å². The van der Waals surface area contributed by atoms with Crippen molar-refractivity contribution in [3.8, 4) is 0 Å². The van der Waals surface area contributed by atoms with Crippen LogP contribution in [0.5, 0.6) is 0 Å². The topological polar surface area (TPSA) is 99.0 Å². The van der Waals surface area contributed by atoms with Gasteiger partial charge in [-0.25, -0.2) is 8.42 Å². The van der Waals surface area contributed by atoms with Gasteiger partial charge in [-0.1, -0.05) is 24.6 Å². The molecule has 0 aliphatic carbocycles. The number of nitrogens with two attached hydrogens (primary N) is 1. The van der Waals surface area contributed by atoms with E-state index < -0.39 is 10.0 Å². The molecule has 2 aliphatic rings. The van der Waals surface area contributed by atoms with Crippen LogP contribution in [0.2, 0.25) is 5.02 Å². The van der Waals surface area contributed by atoms with E-state index in [1.54, 1.807) is 22.5 Å². The van der Waals surface area contributed by atoms with Crippen molar-refractivity contribution < 1.29 is 13.2 Å². The first-order valence-corrected chi connectivity index (χ1v) is 12.9. The maximum atomic E-state index is 12.9. The van der Waals surface area contributed by atoms with Crippen LogP contribution < -0.4 is 11.1 Å². The minimum absolute atomic E-state index is 0. The number of nitrogens with zero attached hydrogens (tertiary/aromatic N) is 3. The van der Waals surface area contributed by atoms with Gasteiger partial charge in [-0.05, 0) is 51.5 Å². The summed E-state index contributed by atoms with van der Waals surface area (Å²) >= 11 is 6.21. The third-order valence-electron chi connectivity index (χ3n) is 6.53. The fourth-order valence-electron chi connectivity index (χ4n) is 4.58. The zero-order chi connectivity index (χ0) is 22.6. The Hall–Kier alpha value is -1.10. The third-order valence-corrected chi connectivity index (χ3v) is 8.92. The number of rotatable bonds is 7. The maximum Gasteiger partial charge on any atom is 0.254 e. The van der Waals surface area contributed by atoms with Gasteiger partial charge < -0.3 is 16.0 Å². The Kier molecular flexibility index (Phi) is 9.63. The Morgan fingerprint density at radius 1 is 1.16 bits per heavy atom. The largest absolute Gasteiger partial charge is 0.398 e. The second-order valence-corrected chi connectivity index (χ2v) is 11.1. The number of nitrogen functional groups attached to an aromatic ring is 1. The van der Waals surface area contributed by atoms with Crippen molar-refractivity contribution in [2.75, 3.05) is 64.3 Å². The number of halogens is 2. The number of carbonyl (C=O) groups excluding carboxylic acids is 1. The highest BCUT2D eigenvalue weighted by Crippen LogP contribution is 2.30. The molecule has 2 fully saturated rings. The molecule has 2 heterocycles. The predicted molar refractivity (Wildman–Crippen MR) is 132 cm³/mol. The van der Waals surface area contributed by atoms with Gasteiger partial charge in [0.1, 0.15) is 0 Å². The van der Waals surface area contributed by atoms with E-state index >= 15 is 0 Å². The SMILES string of the molecule is CCCS(=O)(=O)N1CCN(C2(CNC(=O)c3c(N)cccc3Cl)CCN(C)CC2)CC1.Cl. The highest BCUT2D eigenvalue weighted by molar-refractivity contribution is 7.89. The first kappa shape index (κ1) is 27.1. The first-order valence-electron chi connectivity index (χ1n) is 10.9. The summed E-state index contributed by atoms with van der Waals surface area (Å²) in [5, 5.41) is 3.41. The quantitative estimate of drug-likeness (QED) is 0.546. The van der Waals surface area contributed by atoms with E-state index in [9.17, 15) is 13.2 Å². The molecule has 32 heavy (non-hydrogen) atoms. The minimum atomic E-state index is -3.19. The van der Waals surface area contributed by atoms with E-state index in [0.29, 0.717) is 55.4 Å². The number of sulfonamides is 1. The molecule has 3 N–H and O–H groups in total. The lowest BCUT2D eigenvalue weighted by atomic mass is 9.84. The molecule has 0 radical (unpaired) electrons. The van der Waals surface area contributed by atoms with Gasteiger partial charge in [-0.15, -0.1) is 12.4 Å². The number of nitrogens with one attached hydrogen (secondary N) is 1. The molecule has 11 heteroatoms. The van der Waals surface area contributed by atoms with Crippen molar-refractivity contribution in [1.82, 2.24) is 19.4 Å². The van der Waals surface area contributed by atoms with Crippen molar-refractivity contribution in [3.05, 3.63) is 28.8 Å². The molecule has 1 amide bonds. The second kappa shape index (κ2) is 11.4. The van der Waals surface area contributed by atoms with Gasteiger partial charge in [-0.2, -0.15) is 4.31 Å². The Morgan fingerprint density at radius 2 is 1.78 bits per heavy atom. The van der Waals surface area contributed by atoms with Crippen LogP contribution in [0.3, 0.4) is 0 Å². The number of piperazine rings is 1. The second-order valence-electron chi connectivity index (χ2n) is 8.62. The van der Waals surface area contributed by atoms with Crippen LogP contribution >= 0.6 is 24.0 Å². The highest BCUT2D eigenvalue weighted by atomic mass is 35.5. The summed E-state index contributed by atoms with van der Waals surface area (Å²) in [6.07, 6.45) is 2.43. The maximum absolute atomic E-state index is 12.9. The van der Waals surface area contributed by atoms with Crippen molar-refractivity contribution in [2.45, 2.75) is 31.7 Å². The lowest BCUT2D eigenvalue weighted by molar-refractivity contribution is 0.00752. The van der Waals surface area contributed by atoms with E-state index in [2.05, 4.69) is 22.2 Å². The number of amides is 1. The van der Waals surface area contributed by atoms with Crippen LogP contribution in [0.1, 0.15) is 36.5 Å². The van der Waals surface area contributed by atoms with E-state index in [4.69, 9.17) is 17.3 Å². The molecule has 0 unspecified atom stereocenters. The molecule has 2 aliphatic heterocycles. The Labute approximate surface area is 202 Å². The molecular weight excluding hydrogens is 473 g/mol. The highest BCUT2D eigenvalue weighted by Gasteiger charge is 2.42. The van der Waals surface area contributed by atoms with Crippen molar-refractivity contribution >= 4 is 45.6 Å². The van der Waals surface area contributed by atoms with Crippen LogP contribution in [0, 0.1) is 0 Å². The molecule has 182 valence electrons. The van der Waals surface area contributed by atoms with E-state index in [-0.39, 0.29) is 29.6 Å². The fraction of sp³-hybridized carbons (Fsp3) is 0.667. The first-order chi connectivity index (χ1) is 14.7. The van der Waals surface area contributed by atoms with Gasteiger partial charge >= 0.3 is 0 Å². The smallest absolute Gasteiger partial charge is 0.254 e. The molecule has 3 rings (SSSR count). The standard InChI is InChI=1S/C21H34ClN5O3S.ClH/c1-3-15-31(29,30)27-13-11-26(12-14-27)21(7-9-25(2)10-8-21)16-24-20(28)19-17(22)5-4-6-18(19)23;/h4-6H,3,7-16,23H2,1-2H3,(H,24,28);1H. The Balaban J connectivity index is 0.00000363. The number of anilines is 1. The normalized spacial score (nSPS) is 20.5. The summed E-state index contributed by atoms with van der Waals surface area (Å²) in [6, 6.07) is 5.05. The summed E-state index contributed by atoms with van der Waals surface area (Å²) in [5.41, 5.74) is 6.44. The van der Waals surface area contributed by atoms with Crippen LogP contribution in [0.25, 0.3) is 0 Å². The average molecular weight is 509 g/mol. The van der Waals surface area contributed by atoms with Crippen LogP contribution in [-0.2, 0) is 10.0 Å². The number of carbonyl (C=O) groups is 1. The molecule has 0 spiro atoms. The molecule has 0 atom stereocenters. The number of hydrogen-bond donors (Lipinski definition) is 2. The minimum Gasteiger partial charge on any atom is -0.398 e. The van der Waals surface area contributed by atoms with Gasteiger partial charge in [-0.3, -0.25) is 9.69 Å². The molecule has 0 aromatic heterocycles. The van der Waals surface area contributed by atoms with Gasteiger partial charge in [0.2, 0.25) is 10.0 Å². The molecule has 8 nitrogen and oxygen atoms in total. The molecular formula is C21H35Cl2N5O3S. The lowest BCUT2D eigenvalue weighted by Crippen LogP contribution is -2.64. The number of likely N-dealkylation sites (tertiary alicyclic amines) is 1. The summed E-state index contributed by atoms with van der Waals surface area (Å²) < 4.78 is 26.5. The van der Waals surface area contributed by atoms with E-state index in [1.807, 2.05) is 6.92 Å². The Bertz CT molecular complexity index is 863. The summed E-state index contributed by atoms with van der Waals surface area (Å²) in [4.78, 5) is 17.5. The van der Waals surface area contributed by atoms with Crippen molar-refractivity contribution in [1.29, 1.82) is 0 Å². The van der Waals surface area contributed by atoms with E-state index in [1.165, 1.54) is 0 Å². The third kappa shape index (κ3) is 6.07. The monoisotopic (exact) mass is 507 g/mol. The van der Waals surface area contributed by atoms with Crippen molar-refractivity contribution in [3.63, 3.8) is 0 Å².